The summed E-state index contributed by atoms with van der Waals surface area (Å²) in [7, 11) is 0. The minimum absolute atomic E-state index is 0.102. The van der Waals surface area contributed by atoms with E-state index >= 15 is 0 Å². The molecular formula is C18H20FNO. The van der Waals surface area contributed by atoms with Gasteiger partial charge in [0.1, 0.15) is 11.6 Å². The fourth-order valence-electron chi connectivity index (χ4n) is 2.93. The van der Waals surface area contributed by atoms with Crippen LogP contribution in [0, 0.1) is 19.7 Å². The van der Waals surface area contributed by atoms with Gasteiger partial charge < -0.3 is 10.1 Å². The van der Waals surface area contributed by atoms with Crippen molar-refractivity contribution >= 4 is 0 Å². The van der Waals surface area contributed by atoms with Crippen LogP contribution in [0.4, 0.5) is 4.39 Å². The van der Waals surface area contributed by atoms with Crippen molar-refractivity contribution in [1.82, 2.24) is 5.32 Å². The lowest BCUT2D eigenvalue weighted by molar-refractivity contribution is 0.252. The molecule has 0 amide bonds. The van der Waals surface area contributed by atoms with Crippen LogP contribution in [0.15, 0.2) is 36.4 Å². The standard InChI is InChI=1S/C18H20FNO/c1-12-9-14(10-13(2)18(12)19)11-20-16-7-8-21-17-6-4-3-5-15(16)17/h3-6,9-10,16,20H,7-8,11H2,1-2H3. The first-order valence-electron chi connectivity index (χ1n) is 7.36. The number of hydrogen-bond acceptors (Lipinski definition) is 2. The fourth-order valence-corrected chi connectivity index (χ4v) is 2.93. The average Bonchev–Trinajstić information content (AvgIpc) is 2.50. The molecule has 2 nitrogen and oxygen atoms in total. The highest BCUT2D eigenvalue weighted by molar-refractivity contribution is 5.37. The molecule has 1 aliphatic heterocycles. The van der Waals surface area contributed by atoms with E-state index in [1.807, 2.05) is 44.2 Å². The molecule has 2 aromatic rings. The van der Waals surface area contributed by atoms with Crippen LogP contribution in [-0.4, -0.2) is 6.61 Å². The molecule has 0 aromatic heterocycles. The topological polar surface area (TPSA) is 21.3 Å². The summed E-state index contributed by atoms with van der Waals surface area (Å²) >= 11 is 0. The molecule has 1 heterocycles. The first-order valence-corrected chi connectivity index (χ1v) is 7.36. The zero-order valence-corrected chi connectivity index (χ0v) is 12.4. The third-order valence-electron chi connectivity index (χ3n) is 4.01. The first-order chi connectivity index (χ1) is 10.1. The molecule has 0 aliphatic carbocycles. The molecule has 0 bridgehead atoms. The minimum Gasteiger partial charge on any atom is -0.493 e. The molecule has 0 fully saturated rings. The molecule has 3 heteroatoms. The van der Waals surface area contributed by atoms with Crippen molar-refractivity contribution in [3.63, 3.8) is 0 Å². The van der Waals surface area contributed by atoms with Gasteiger partial charge in [-0.1, -0.05) is 30.3 Å². The SMILES string of the molecule is Cc1cc(CNC2CCOc3ccccc32)cc(C)c1F. The van der Waals surface area contributed by atoms with Crippen molar-refractivity contribution in [2.75, 3.05) is 6.61 Å². The van der Waals surface area contributed by atoms with Crippen LogP contribution in [0.3, 0.4) is 0 Å². The molecule has 1 atom stereocenters. The van der Waals surface area contributed by atoms with Crippen molar-refractivity contribution in [3.8, 4) is 5.75 Å². The minimum atomic E-state index is -0.102. The van der Waals surface area contributed by atoms with Gasteiger partial charge in [0.15, 0.2) is 0 Å². The highest BCUT2D eigenvalue weighted by Crippen LogP contribution is 2.31. The Hall–Kier alpha value is -1.87. The van der Waals surface area contributed by atoms with E-state index in [-0.39, 0.29) is 5.82 Å². The summed E-state index contributed by atoms with van der Waals surface area (Å²) in [4.78, 5) is 0. The molecule has 1 unspecified atom stereocenters. The van der Waals surface area contributed by atoms with Crippen molar-refractivity contribution in [1.29, 1.82) is 0 Å². The second-order valence-corrected chi connectivity index (χ2v) is 5.65. The summed E-state index contributed by atoms with van der Waals surface area (Å²) in [5.41, 5.74) is 3.74. The first kappa shape index (κ1) is 14.1. The summed E-state index contributed by atoms with van der Waals surface area (Å²) < 4.78 is 19.3. The molecule has 1 N–H and O–H groups in total. The van der Waals surface area contributed by atoms with E-state index in [4.69, 9.17) is 4.74 Å². The van der Waals surface area contributed by atoms with Gasteiger partial charge in [0, 0.05) is 24.6 Å². The predicted molar refractivity (Wildman–Crippen MR) is 82.0 cm³/mol. The van der Waals surface area contributed by atoms with Gasteiger partial charge in [0.25, 0.3) is 0 Å². The number of aryl methyl sites for hydroxylation is 2. The Kier molecular flexibility index (Phi) is 3.93. The van der Waals surface area contributed by atoms with Gasteiger partial charge >= 0.3 is 0 Å². The lowest BCUT2D eigenvalue weighted by Gasteiger charge is -2.27. The smallest absolute Gasteiger partial charge is 0.129 e. The molecule has 0 saturated carbocycles. The largest absolute Gasteiger partial charge is 0.493 e. The van der Waals surface area contributed by atoms with Crippen LogP contribution in [0.25, 0.3) is 0 Å². The second-order valence-electron chi connectivity index (χ2n) is 5.65. The van der Waals surface area contributed by atoms with E-state index in [1.54, 1.807) is 0 Å². The second kappa shape index (κ2) is 5.86. The Morgan fingerprint density at radius 3 is 2.67 bits per heavy atom. The summed E-state index contributed by atoms with van der Waals surface area (Å²) in [6.45, 7) is 5.10. The highest BCUT2D eigenvalue weighted by atomic mass is 19.1. The van der Waals surface area contributed by atoms with Gasteiger partial charge in [-0.15, -0.1) is 0 Å². The van der Waals surface area contributed by atoms with Crippen molar-refractivity contribution in [2.45, 2.75) is 32.9 Å². The quantitative estimate of drug-likeness (QED) is 0.918. The van der Waals surface area contributed by atoms with Gasteiger partial charge in [-0.25, -0.2) is 4.39 Å². The molecule has 110 valence electrons. The zero-order chi connectivity index (χ0) is 14.8. The molecule has 1 aliphatic rings. The van der Waals surface area contributed by atoms with E-state index in [9.17, 15) is 4.39 Å². The van der Waals surface area contributed by atoms with E-state index < -0.39 is 0 Å². The molecular weight excluding hydrogens is 265 g/mol. The maximum absolute atomic E-state index is 13.7. The Bertz CT molecular complexity index is 630. The van der Waals surface area contributed by atoms with Crippen LogP contribution in [0.2, 0.25) is 0 Å². The number of hydrogen-bond donors (Lipinski definition) is 1. The van der Waals surface area contributed by atoms with E-state index in [2.05, 4.69) is 11.4 Å². The number of fused-ring (bicyclic) bond motifs is 1. The summed E-state index contributed by atoms with van der Waals surface area (Å²) in [5.74, 6) is 0.864. The maximum Gasteiger partial charge on any atom is 0.129 e. The molecule has 0 spiro atoms. The van der Waals surface area contributed by atoms with Crippen LogP contribution in [0.1, 0.15) is 34.7 Å². The molecule has 0 radical (unpaired) electrons. The Morgan fingerprint density at radius 2 is 1.90 bits per heavy atom. The van der Waals surface area contributed by atoms with Gasteiger partial charge in [-0.05, 0) is 36.6 Å². The van der Waals surface area contributed by atoms with Gasteiger partial charge in [-0.3, -0.25) is 0 Å². The van der Waals surface area contributed by atoms with E-state index in [1.165, 1.54) is 5.56 Å². The number of benzene rings is 2. The summed E-state index contributed by atoms with van der Waals surface area (Å²) in [6.07, 6.45) is 0.955. The Balaban J connectivity index is 1.74. The number of halogens is 1. The molecule has 21 heavy (non-hydrogen) atoms. The van der Waals surface area contributed by atoms with Crippen LogP contribution >= 0.6 is 0 Å². The van der Waals surface area contributed by atoms with Crippen molar-refractivity contribution in [3.05, 3.63) is 64.5 Å². The number of para-hydroxylation sites is 1. The molecule has 0 saturated heterocycles. The van der Waals surface area contributed by atoms with Gasteiger partial charge in [-0.2, -0.15) is 0 Å². The number of nitrogens with one attached hydrogen (secondary N) is 1. The number of ether oxygens (including phenoxy) is 1. The fraction of sp³-hybridized carbons (Fsp3) is 0.333. The maximum atomic E-state index is 13.7. The van der Waals surface area contributed by atoms with Gasteiger partial charge in [0.05, 0.1) is 6.61 Å². The van der Waals surface area contributed by atoms with Gasteiger partial charge in [0.2, 0.25) is 0 Å². The van der Waals surface area contributed by atoms with E-state index in [0.717, 1.165) is 30.9 Å². The monoisotopic (exact) mass is 285 g/mol. The van der Waals surface area contributed by atoms with Crippen LogP contribution in [-0.2, 0) is 6.54 Å². The molecule has 3 rings (SSSR count). The third kappa shape index (κ3) is 2.93. The Morgan fingerprint density at radius 1 is 1.19 bits per heavy atom. The predicted octanol–water partition coefficient (Wildman–Crippen LogP) is 4.06. The van der Waals surface area contributed by atoms with Crippen LogP contribution < -0.4 is 10.1 Å². The van der Waals surface area contributed by atoms with Crippen molar-refractivity contribution < 1.29 is 9.13 Å². The number of rotatable bonds is 3. The average molecular weight is 285 g/mol. The lowest BCUT2D eigenvalue weighted by Crippen LogP contribution is -2.26. The third-order valence-corrected chi connectivity index (χ3v) is 4.01. The van der Waals surface area contributed by atoms with Crippen molar-refractivity contribution in [2.24, 2.45) is 0 Å². The summed E-state index contributed by atoms with van der Waals surface area (Å²) in [5, 5.41) is 3.57. The summed E-state index contributed by atoms with van der Waals surface area (Å²) in [6, 6.07) is 12.3. The Labute approximate surface area is 125 Å². The molecule has 2 aromatic carbocycles. The van der Waals surface area contributed by atoms with E-state index in [0.29, 0.717) is 17.2 Å². The lowest BCUT2D eigenvalue weighted by atomic mass is 10.00. The van der Waals surface area contributed by atoms with Crippen LogP contribution in [0.5, 0.6) is 5.75 Å². The zero-order valence-electron chi connectivity index (χ0n) is 12.4. The highest BCUT2D eigenvalue weighted by Gasteiger charge is 2.20. The normalized spacial score (nSPS) is 17.2.